The molecule has 1 aromatic carbocycles. The molecule has 0 spiro atoms. The minimum absolute atomic E-state index is 0.194. The topological polar surface area (TPSA) is 86.9 Å². The second kappa shape index (κ2) is 7.25. The van der Waals surface area contributed by atoms with E-state index < -0.39 is 11.3 Å². The van der Waals surface area contributed by atoms with Gasteiger partial charge in [-0.05, 0) is 44.4 Å². The van der Waals surface area contributed by atoms with Crippen molar-refractivity contribution in [1.29, 1.82) is 0 Å². The zero-order valence-corrected chi connectivity index (χ0v) is 14.7. The second-order valence-electron chi connectivity index (χ2n) is 6.27. The van der Waals surface area contributed by atoms with E-state index in [0.717, 1.165) is 42.3 Å². The zero-order valence-electron chi connectivity index (χ0n) is 13.9. The van der Waals surface area contributed by atoms with E-state index in [0.29, 0.717) is 5.16 Å². The van der Waals surface area contributed by atoms with Crippen molar-refractivity contribution in [3.05, 3.63) is 23.8 Å². The summed E-state index contributed by atoms with van der Waals surface area (Å²) < 4.78 is 0. The fourth-order valence-corrected chi connectivity index (χ4v) is 3.70. The van der Waals surface area contributed by atoms with Crippen molar-refractivity contribution in [3.8, 4) is 0 Å². The highest BCUT2D eigenvalue weighted by Crippen LogP contribution is 2.24. The summed E-state index contributed by atoms with van der Waals surface area (Å²) in [5, 5.41) is 5.53. The lowest BCUT2D eigenvalue weighted by Gasteiger charge is -2.14. The maximum atomic E-state index is 12.2. The molecule has 3 rings (SSSR count). The van der Waals surface area contributed by atoms with Gasteiger partial charge in [-0.1, -0.05) is 30.7 Å². The Morgan fingerprint density at radius 1 is 1.33 bits per heavy atom. The molecule has 1 aliphatic carbocycles. The minimum atomic E-state index is -0.416. The number of imide groups is 1. The summed E-state index contributed by atoms with van der Waals surface area (Å²) in [6.07, 6.45) is 4.25. The van der Waals surface area contributed by atoms with E-state index in [1.807, 2.05) is 25.1 Å². The number of aromatic nitrogens is 2. The lowest BCUT2D eigenvalue weighted by molar-refractivity contribution is -0.119. The summed E-state index contributed by atoms with van der Waals surface area (Å²) in [6.45, 7) is 3.79. The molecule has 1 atom stereocenters. The van der Waals surface area contributed by atoms with Crippen molar-refractivity contribution in [2.24, 2.45) is 0 Å². The van der Waals surface area contributed by atoms with Crippen LogP contribution in [-0.4, -0.2) is 33.2 Å². The fourth-order valence-electron chi connectivity index (χ4n) is 2.88. The molecule has 0 radical (unpaired) electrons. The van der Waals surface area contributed by atoms with Crippen molar-refractivity contribution in [3.63, 3.8) is 0 Å². The molecule has 2 aromatic rings. The van der Waals surface area contributed by atoms with Gasteiger partial charge >= 0.3 is 6.03 Å². The van der Waals surface area contributed by atoms with Crippen LogP contribution >= 0.6 is 11.8 Å². The average molecular weight is 346 g/mol. The van der Waals surface area contributed by atoms with Gasteiger partial charge in [0.05, 0.1) is 16.3 Å². The number of carbonyl (C=O) groups is 2. The molecule has 6 nitrogen and oxygen atoms in total. The first-order chi connectivity index (χ1) is 11.5. The lowest BCUT2D eigenvalue weighted by Crippen LogP contribution is -2.45. The summed E-state index contributed by atoms with van der Waals surface area (Å²) in [5.74, 6) is -0.313. The molecule has 7 heteroatoms. The maximum absolute atomic E-state index is 12.2. The van der Waals surface area contributed by atoms with Crippen LogP contribution in [0.25, 0.3) is 11.0 Å². The van der Waals surface area contributed by atoms with Crippen LogP contribution in [0, 0.1) is 6.92 Å². The molecule has 0 saturated heterocycles. The summed E-state index contributed by atoms with van der Waals surface area (Å²) in [5.41, 5.74) is 2.97. The number of aryl methyl sites for hydroxylation is 1. The molecule has 128 valence electrons. The summed E-state index contributed by atoms with van der Waals surface area (Å²) in [4.78, 5) is 31.7. The van der Waals surface area contributed by atoms with Crippen LogP contribution in [0.3, 0.4) is 0 Å². The van der Waals surface area contributed by atoms with Gasteiger partial charge in [0.2, 0.25) is 5.91 Å². The third kappa shape index (κ3) is 4.08. The highest BCUT2D eigenvalue weighted by molar-refractivity contribution is 8.00. The molecule has 3 amide bonds. The van der Waals surface area contributed by atoms with Gasteiger partial charge in [-0.3, -0.25) is 10.1 Å². The molecule has 1 aromatic heterocycles. The van der Waals surface area contributed by atoms with Crippen LogP contribution in [0.4, 0.5) is 4.79 Å². The number of imidazole rings is 1. The van der Waals surface area contributed by atoms with E-state index >= 15 is 0 Å². The normalized spacial score (nSPS) is 16.2. The molecule has 1 saturated carbocycles. The molecular formula is C17H22N4O2S. The van der Waals surface area contributed by atoms with E-state index in [1.54, 1.807) is 6.92 Å². The summed E-state index contributed by atoms with van der Waals surface area (Å²) in [6, 6.07) is 5.76. The van der Waals surface area contributed by atoms with E-state index in [2.05, 4.69) is 20.6 Å². The van der Waals surface area contributed by atoms with Crippen LogP contribution in [-0.2, 0) is 4.79 Å². The first-order valence-electron chi connectivity index (χ1n) is 8.25. The molecule has 0 bridgehead atoms. The van der Waals surface area contributed by atoms with Gasteiger partial charge in [-0.15, -0.1) is 0 Å². The molecule has 1 fully saturated rings. The molecule has 0 aliphatic heterocycles. The van der Waals surface area contributed by atoms with Crippen molar-refractivity contribution >= 4 is 34.7 Å². The number of carbonyl (C=O) groups excluding carboxylic acids is 2. The number of rotatable bonds is 4. The Bertz CT molecular complexity index is 752. The summed E-state index contributed by atoms with van der Waals surface area (Å²) >= 11 is 1.31. The lowest BCUT2D eigenvalue weighted by atomic mass is 10.2. The third-order valence-electron chi connectivity index (χ3n) is 4.20. The zero-order chi connectivity index (χ0) is 17.1. The first-order valence-corrected chi connectivity index (χ1v) is 9.13. The number of fused-ring (bicyclic) bond motifs is 1. The van der Waals surface area contributed by atoms with Crippen molar-refractivity contribution in [2.75, 3.05) is 0 Å². The number of thioether (sulfide) groups is 1. The molecule has 3 N–H and O–H groups in total. The Labute approximate surface area is 145 Å². The molecular weight excluding hydrogens is 324 g/mol. The van der Waals surface area contributed by atoms with E-state index in [1.165, 1.54) is 11.8 Å². The number of nitrogens with zero attached hydrogens (tertiary/aromatic N) is 1. The number of benzene rings is 1. The quantitative estimate of drug-likeness (QED) is 0.742. The highest BCUT2D eigenvalue weighted by Gasteiger charge is 2.21. The number of hydrogen-bond acceptors (Lipinski definition) is 4. The summed E-state index contributed by atoms with van der Waals surface area (Å²) in [7, 11) is 0. The van der Waals surface area contributed by atoms with Crippen LogP contribution < -0.4 is 10.6 Å². The molecule has 1 heterocycles. The van der Waals surface area contributed by atoms with Crippen LogP contribution in [0.5, 0.6) is 0 Å². The van der Waals surface area contributed by atoms with E-state index in [4.69, 9.17) is 0 Å². The van der Waals surface area contributed by atoms with Gasteiger partial charge in [-0.2, -0.15) is 0 Å². The number of H-pyrrole nitrogens is 1. The number of nitrogens with one attached hydrogen (secondary N) is 3. The number of amides is 3. The van der Waals surface area contributed by atoms with Crippen molar-refractivity contribution in [2.45, 2.75) is 56.0 Å². The van der Waals surface area contributed by atoms with Gasteiger partial charge in [0.25, 0.3) is 0 Å². The standard InChI is InChI=1S/C17H22N4O2S/c1-10-7-8-13-14(9-10)20-17(19-13)24-11(2)15(22)21-16(23)18-12-5-3-4-6-12/h7-9,11-12H,3-6H2,1-2H3,(H,19,20)(H2,18,21,22,23)/t11-/m1/s1. The van der Waals surface area contributed by atoms with Crippen LogP contribution in [0.1, 0.15) is 38.2 Å². The Balaban J connectivity index is 1.55. The average Bonchev–Trinajstić information content (AvgIpc) is 3.15. The fraction of sp³-hybridized carbons (Fsp3) is 0.471. The molecule has 0 unspecified atom stereocenters. The van der Waals surface area contributed by atoms with Crippen LogP contribution in [0.2, 0.25) is 0 Å². The van der Waals surface area contributed by atoms with Gasteiger partial charge < -0.3 is 10.3 Å². The Hall–Kier alpha value is -2.02. The Kier molecular flexibility index (Phi) is 5.08. The largest absolute Gasteiger partial charge is 0.335 e. The number of urea groups is 1. The molecule has 1 aliphatic rings. The third-order valence-corrected chi connectivity index (χ3v) is 5.18. The first kappa shape index (κ1) is 16.8. The number of hydrogen-bond donors (Lipinski definition) is 3. The molecule has 24 heavy (non-hydrogen) atoms. The second-order valence-corrected chi connectivity index (χ2v) is 7.60. The highest BCUT2D eigenvalue weighted by atomic mass is 32.2. The van der Waals surface area contributed by atoms with Crippen molar-refractivity contribution in [1.82, 2.24) is 20.6 Å². The van der Waals surface area contributed by atoms with E-state index in [9.17, 15) is 9.59 Å². The van der Waals surface area contributed by atoms with Gasteiger partial charge in [-0.25, -0.2) is 9.78 Å². The van der Waals surface area contributed by atoms with E-state index in [-0.39, 0.29) is 11.9 Å². The predicted octanol–water partition coefficient (Wildman–Crippen LogP) is 3.12. The van der Waals surface area contributed by atoms with Gasteiger partial charge in [0, 0.05) is 6.04 Å². The maximum Gasteiger partial charge on any atom is 0.321 e. The monoisotopic (exact) mass is 346 g/mol. The van der Waals surface area contributed by atoms with Crippen molar-refractivity contribution < 1.29 is 9.59 Å². The minimum Gasteiger partial charge on any atom is -0.335 e. The van der Waals surface area contributed by atoms with Crippen LogP contribution in [0.15, 0.2) is 23.4 Å². The number of aromatic amines is 1. The Morgan fingerprint density at radius 3 is 2.83 bits per heavy atom. The van der Waals surface area contributed by atoms with Gasteiger partial charge in [0.15, 0.2) is 5.16 Å². The Morgan fingerprint density at radius 2 is 2.08 bits per heavy atom. The van der Waals surface area contributed by atoms with Gasteiger partial charge in [0.1, 0.15) is 0 Å². The SMILES string of the molecule is Cc1ccc2nc(S[C@H](C)C(=O)NC(=O)NC3CCCC3)[nH]c2c1. The smallest absolute Gasteiger partial charge is 0.321 e. The predicted molar refractivity (Wildman–Crippen MR) is 95.1 cm³/mol.